The Labute approximate surface area is 130 Å². The van der Waals surface area contributed by atoms with E-state index in [0.29, 0.717) is 18.4 Å². The minimum absolute atomic E-state index is 0.155. The summed E-state index contributed by atoms with van der Waals surface area (Å²) < 4.78 is 27.4. The molecule has 2 aromatic carbocycles. The van der Waals surface area contributed by atoms with E-state index in [4.69, 9.17) is 0 Å². The van der Waals surface area contributed by atoms with Crippen molar-refractivity contribution < 1.29 is 13.2 Å². The summed E-state index contributed by atoms with van der Waals surface area (Å²) in [5.74, 6) is -0.155. The van der Waals surface area contributed by atoms with Gasteiger partial charge in [0.2, 0.25) is 10.0 Å². The maximum absolute atomic E-state index is 12.5. The van der Waals surface area contributed by atoms with Gasteiger partial charge in [-0.3, -0.25) is 4.79 Å². The number of aryl methyl sites for hydroxylation is 2. The Kier molecular flexibility index (Phi) is 3.85. The summed E-state index contributed by atoms with van der Waals surface area (Å²) >= 11 is 0. The maximum Gasteiger partial charge on any atom is 0.241 e. The van der Waals surface area contributed by atoms with Crippen molar-refractivity contribution in [1.82, 2.24) is 4.72 Å². The lowest BCUT2D eigenvalue weighted by atomic mass is 9.88. The van der Waals surface area contributed by atoms with Crippen molar-refractivity contribution in [2.45, 2.75) is 30.7 Å². The highest BCUT2D eigenvalue weighted by atomic mass is 32.2. The lowest BCUT2D eigenvalue weighted by Gasteiger charge is -2.24. The molecule has 1 N–H and O–H groups in total. The molecule has 1 unspecified atom stereocenters. The third-order valence-electron chi connectivity index (χ3n) is 3.93. The summed E-state index contributed by atoms with van der Waals surface area (Å²) in [5, 5.41) is 0. The highest BCUT2D eigenvalue weighted by Gasteiger charge is 2.30. The van der Waals surface area contributed by atoms with Crippen LogP contribution in [0.4, 0.5) is 0 Å². The molecule has 0 spiro atoms. The van der Waals surface area contributed by atoms with Gasteiger partial charge in [0.15, 0.2) is 5.78 Å². The number of nitrogens with one attached hydrogen (secondary N) is 1. The van der Waals surface area contributed by atoms with E-state index in [1.54, 1.807) is 36.4 Å². The van der Waals surface area contributed by atoms with Gasteiger partial charge in [-0.1, -0.05) is 42.0 Å². The molecule has 1 aliphatic rings. The minimum Gasteiger partial charge on any atom is -0.292 e. The highest BCUT2D eigenvalue weighted by Crippen LogP contribution is 2.22. The van der Waals surface area contributed by atoms with Crippen LogP contribution in [0.25, 0.3) is 0 Å². The van der Waals surface area contributed by atoms with Gasteiger partial charge in [0, 0.05) is 5.56 Å². The number of hydrogen-bond donors (Lipinski definition) is 1. The topological polar surface area (TPSA) is 63.2 Å². The van der Waals surface area contributed by atoms with E-state index >= 15 is 0 Å². The molecule has 114 valence electrons. The predicted molar refractivity (Wildman–Crippen MR) is 84.4 cm³/mol. The van der Waals surface area contributed by atoms with Crippen molar-refractivity contribution in [1.29, 1.82) is 0 Å². The molecule has 0 aromatic heterocycles. The van der Waals surface area contributed by atoms with Gasteiger partial charge in [0.1, 0.15) is 0 Å². The molecule has 0 heterocycles. The van der Waals surface area contributed by atoms with Gasteiger partial charge in [0.05, 0.1) is 10.9 Å². The quantitative estimate of drug-likeness (QED) is 0.946. The first-order chi connectivity index (χ1) is 10.5. The van der Waals surface area contributed by atoms with Crippen molar-refractivity contribution in [3.05, 3.63) is 65.2 Å². The zero-order valence-electron chi connectivity index (χ0n) is 12.2. The van der Waals surface area contributed by atoms with Crippen LogP contribution in [0.2, 0.25) is 0 Å². The number of benzene rings is 2. The summed E-state index contributed by atoms with van der Waals surface area (Å²) in [6, 6.07) is 13.3. The molecular weight excluding hydrogens is 298 g/mol. The Morgan fingerprint density at radius 3 is 2.45 bits per heavy atom. The smallest absolute Gasteiger partial charge is 0.241 e. The van der Waals surface area contributed by atoms with Gasteiger partial charge in [0.25, 0.3) is 0 Å². The third-order valence-corrected chi connectivity index (χ3v) is 5.42. The Morgan fingerprint density at radius 2 is 1.73 bits per heavy atom. The van der Waals surface area contributed by atoms with Crippen LogP contribution in [0.1, 0.15) is 27.9 Å². The van der Waals surface area contributed by atoms with Crippen molar-refractivity contribution in [3.63, 3.8) is 0 Å². The molecule has 4 nitrogen and oxygen atoms in total. The number of rotatable bonds is 3. The first kappa shape index (κ1) is 14.9. The molecule has 0 aliphatic heterocycles. The van der Waals surface area contributed by atoms with Gasteiger partial charge in [-0.25, -0.2) is 13.1 Å². The van der Waals surface area contributed by atoms with Crippen LogP contribution in [-0.4, -0.2) is 20.2 Å². The normalized spacial score (nSPS) is 18.0. The molecule has 0 amide bonds. The van der Waals surface area contributed by atoms with E-state index < -0.39 is 16.1 Å². The number of carbonyl (C=O) groups excluding carboxylic acids is 1. The Bertz CT molecular complexity index is 810. The monoisotopic (exact) mass is 315 g/mol. The maximum atomic E-state index is 12.5. The number of fused-ring (bicyclic) bond motifs is 1. The largest absolute Gasteiger partial charge is 0.292 e. The van der Waals surface area contributed by atoms with E-state index in [0.717, 1.165) is 11.1 Å². The fourth-order valence-corrected chi connectivity index (χ4v) is 3.91. The Hall–Kier alpha value is -1.98. The van der Waals surface area contributed by atoms with Crippen LogP contribution < -0.4 is 4.72 Å². The van der Waals surface area contributed by atoms with E-state index in [9.17, 15) is 13.2 Å². The zero-order chi connectivity index (χ0) is 15.7. The molecule has 3 rings (SSSR count). The van der Waals surface area contributed by atoms with Crippen LogP contribution >= 0.6 is 0 Å². The molecule has 0 radical (unpaired) electrons. The number of carbonyl (C=O) groups is 1. The molecule has 1 aliphatic carbocycles. The van der Waals surface area contributed by atoms with E-state index in [2.05, 4.69) is 4.72 Å². The van der Waals surface area contributed by atoms with Gasteiger partial charge in [-0.2, -0.15) is 0 Å². The van der Waals surface area contributed by atoms with Crippen molar-refractivity contribution in [2.75, 3.05) is 0 Å². The second-order valence-electron chi connectivity index (χ2n) is 5.55. The van der Waals surface area contributed by atoms with Crippen LogP contribution in [0.15, 0.2) is 53.4 Å². The highest BCUT2D eigenvalue weighted by molar-refractivity contribution is 7.89. The fraction of sp³-hybridized carbons (Fsp3) is 0.235. The average molecular weight is 315 g/mol. The van der Waals surface area contributed by atoms with Gasteiger partial charge in [-0.05, 0) is 37.5 Å². The first-order valence-corrected chi connectivity index (χ1v) is 8.67. The summed E-state index contributed by atoms with van der Waals surface area (Å²) in [6.45, 7) is 1.89. The molecule has 0 saturated carbocycles. The summed E-state index contributed by atoms with van der Waals surface area (Å²) in [7, 11) is -3.68. The molecule has 5 heteroatoms. The Balaban J connectivity index is 1.85. The lowest BCUT2D eigenvalue weighted by Crippen LogP contribution is -2.43. The molecule has 0 bridgehead atoms. The molecule has 2 aromatic rings. The van der Waals surface area contributed by atoms with E-state index in [1.165, 1.54) is 0 Å². The number of Topliss-reactive ketones (excluding diaryl/α,β-unsaturated/α-hetero) is 1. The Morgan fingerprint density at radius 1 is 1.05 bits per heavy atom. The molecule has 0 fully saturated rings. The van der Waals surface area contributed by atoms with E-state index in [1.807, 2.05) is 19.1 Å². The minimum atomic E-state index is -3.68. The second kappa shape index (κ2) is 5.66. The van der Waals surface area contributed by atoms with Crippen molar-refractivity contribution in [2.24, 2.45) is 0 Å². The molecule has 0 saturated heterocycles. The zero-order valence-corrected chi connectivity index (χ0v) is 13.1. The second-order valence-corrected chi connectivity index (χ2v) is 7.26. The van der Waals surface area contributed by atoms with E-state index in [-0.39, 0.29) is 10.7 Å². The van der Waals surface area contributed by atoms with Gasteiger partial charge >= 0.3 is 0 Å². The SMILES string of the molecule is Cc1ccc(S(=O)(=O)NC2CCc3ccccc3C2=O)cc1. The van der Waals surface area contributed by atoms with Crippen LogP contribution in [0.5, 0.6) is 0 Å². The molecule has 1 atom stereocenters. The first-order valence-electron chi connectivity index (χ1n) is 7.18. The van der Waals surface area contributed by atoms with Gasteiger partial charge in [-0.15, -0.1) is 0 Å². The van der Waals surface area contributed by atoms with Crippen LogP contribution in [-0.2, 0) is 16.4 Å². The fourth-order valence-electron chi connectivity index (χ4n) is 2.68. The number of ketones is 1. The lowest BCUT2D eigenvalue weighted by molar-refractivity contribution is 0.0940. The standard InChI is InChI=1S/C17H17NO3S/c1-12-6-9-14(10-7-12)22(20,21)18-16-11-8-13-4-2-3-5-15(13)17(16)19/h2-7,9-10,16,18H,8,11H2,1H3. The van der Waals surface area contributed by atoms with Crippen LogP contribution in [0, 0.1) is 6.92 Å². The average Bonchev–Trinajstić information content (AvgIpc) is 2.51. The summed E-state index contributed by atoms with van der Waals surface area (Å²) in [4.78, 5) is 12.6. The van der Waals surface area contributed by atoms with Crippen molar-refractivity contribution in [3.8, 4) is 0 Å². The van der Waals surface area contributed by atoms with Crippen LogP contribution in [0.3, 0.4) is 0 Å². The summed E-state index contributed by atoms with van der Waals surface area (Å²) in [5.41, 5.74) is 2.59. The third kappa shape index (κ3) is 2.82. The predicted octanol–water partition coefficient (Wildman–Crippen LogP) is 2.47. The van der Waals surface area contributed by atoms with Crippen molar-refractivity contribution >= 4 is 15.8 Å². The molecular formula is C17H17NO3S. The van der Waals surface area contributed by atoms with Gasteiger partial charge < -0.3 is 0 Å². The number of hydrogen-bond acceptors (Lipinski definition) is 3. The molecule has 22 heavy (non-hydrogen) atoms. The number of sulfonamides is 1. The summed E-state index contributed by atoms with van der Waals surface area (Å²) in [6.07, 6.45) is 1.18.